The maximum atomic E-state index is 6.37. The van der Waals surface area contributed by atoms with Crippen LogP contribution in [0.15, 0.2) is 36.7 Å². The van der Waals surface area contributed by atoms with Crippen LogP contribution in [0.3, 0.4) is 0 Å². The van der Waals surface area contributed by atoms with E-state index in [0.29, 0.717) is 12.8 Å². The van der Waals surface area contributed by atoms with Gasteiger partial charge in [0.2, 0.25) is 0 Å². The second-order valence-electron chi connectivity index (χ2n) is 8.52. The molecule has 2 atom stereocenters. The second-order valence-corrected chi connectivity index (χ2v) is 11.3. The summed E-state index contributed by atoms with van der Waals surface area (Å²) in [6.07, 6.45) is 5.75. The molecule has 2 rings (SSSR count). The number of nitrogens with zero attached hydrogens (tertiary/aromatic N) is 2. The van der Waals surface area contributed by atoms with E-state index in [4.69, 9.17) is 20.8 Å². The summed E-state index contributed by atoms with van der Waals surface area (Å²) >= 11 is 6.17. The Kier molecular flexibility index (Phi) is 8.22. The highest BCUT2D eigenvalue weighted by Crippen LogP contribution is 2.31. The average Bonchev–Trinajstić information content (AvgIpc) is 2.93. The van der Waals surface area contributed by atoms with Gasteiger partial charge in [-0.2, -0.15) is 0 Å². The van der Waals surface area contributed by atoms with E-state index in [0.717, 1.165) is 30.2 Å². The Hall–Kier alpha value is -1.01. The van der Waals surface area contributed by atoms with Crippen molar-refractivity contribution in [3.63, 3.8) is 0 Å². The van der Waals surface area contributed by atoms with Crippen LogP contribution in [0.25, 0.3) is 0 Å². The third-order valence-electron chi connectivity index (χ3n) is 4.67. The summed E-state index contributed by atoms with van der Waals surface area (Å²) in [7, 11) is -1.12. The van der Waals surface area contributed by atoms with Crippen LogP contribution in [0.1, 0.15) is 39.7 Å². The molecule has 152 valence electrons. The second kappa shape index (κ2) is 9.96. The normalized spacial score (nSPS) is 18.6. The first-order valence-electron chi connectivity index (χ1n) is 9.88. The molecule has 27 heavy (non-hydrogen) atoms. The summed E-state index contributed by atoms with van der Waals surface area (Å²) < 4.78 is 12.2. The van der Waals surface area contributed by atoms with Gasteiger partial charge in [-0.15, -0.1) is 0 Å². The minimum absolute atomic E-state index is 0.0734. The molecular weight excluding hydrogens is 376 g/mol. The lowest BCUT2D eigenvalue weighted by Gasteiger charge is -2.43. The first-order valence-corrected chi connectivity index (χ1v) is 13.0. The fourth-order valence-electron chi connectivity index (χ4n) is 3.24. The van der Waals surface area contributed by atoms with E-state index in [1.165, 1.54) is 0 Å². The molecule has 1 heterocycles. The summed E-state index contributed by atoms with van der Waals surface area (Å²) in [5, 5.41) is 0.770. The quantitative estimate of drug-likeness (QED) is 0.420. The molecule has 1 aromatic carbocycles. The van der Waals surface area contributed by atoms with Crippen molar-refractivity contribution in [2.24, 2.45) is 5.41 Å². The zero-order valence-electron chi connectivity index (χ0n) is 17.6. The molecule has 6 heteroatoms. The molecule has 1 aliphatic rings. The van der Waals surface area contributed by atoms with Crippen LogP contribution in [-0.4, -0.2) is 44.4 Å². The zero-order chi connectivity index (χ0) is 20.0. The van der Waals surface area contributed by atoms with Crippen LogP contribution in [0, 0.1) is 5.41 Å². The van der Waals surface area contributed by atoms with Gasteiger partial charge in [0.15, 0.2) is 9.04 Å². The van der Waals surface area contributed by atoms with Crippen LogP contribution in [0.4, 0.5) is 0 Å². The number of hydrogen-bond acceptors (Lipinski definition) is 4. The van der Waals surface area contributed by atoms with Crippen LogP contribution < -0.4 is 0 Å². The summed E-state index contributed by atoms with van der Waals surface area (Å²) in [5.41, 5.74) is 1.12. The highest BCUT2D eigenvalue weighted by atomic mass is 35.5. The van der Waals surface area contributed by atoms with Gasteiger partial charge >= 0.3 is 0 Å². The molecule has 1 aromatic rings. The van der Waals surface area contributed by atoms with Gasteiger partial charge in [0.25, 0.3) is 0 Å². The molecule has 0 fully saturated rings. The Morgan fingerprint density at radius 1 is 1.19 bits per heavy atom. The largest absolute Gasteiger partial charge is 0.400 e. The molecule has 0 saturated carbocycles. The standard InChI is InChI=1S/C21H35ClN2O2Si/c1-17-23(12-9-15-25-16-18-10-7-8-11-19(18)22)13-14-24(17)20(21(2,3)4)26-27(5)6/h7-8,10-11,13-14,17,20,27H,9,12,15-16H2,1-6H3. The van der Waals surface area contributed by atoms with Gasteiger partial charge in [-0.1, -0.05) is 50.6 Å². The molecule has 0 aliphatic carbocycles. The Labute approximate surface area is 171 Å². The van der Waals surface area contributed by atoms with Crippen molar-refractivity contribution in [2.75, 3.05) is 13.2 Å². The molecule has 0 radical (unpaired) electrons. The van der Waals surface area contributed by atoms with E-state index in [-0.39, 0.29) is 11.6 Å². The van der Waals surface area contributed by atoms with Crippen molar-refractivity contribution >= 4 is 20.6 Å². The lowest BCUT2D eigenvalue weighted by molar-refractivity contribution is -0.0588. The van der Waals surface area contributed by atoms with Gasteiger partial charge in [0.1, 0.15) is 12.4 Å². The fourth-order valence-corrected chi connectivity index (χ4v) is 4.50. The van der Waals surface area contributed by atoms with E-state index in [9.17, 15) is 0 Å². The molecule has 1 aliphatic heterocycles. The van der Waals surface area contributed by atoms with Crippen molar-refractivity contribution in [1.82, 2.24) is 9.80 Å². The number of halogens is 1. The van der Waals surface area contributed by atoms with Crippen LogP contribution >= 0.6 is 11.6 Å². The maximum absolute atomic E-state index is 6.37. The van der Waals surface area contributed by atoms with Crippen molar-refractivity contribution in [3.8, 4) is 0 Å². The molecule has 2 unspecified atom stereocenters. The van der Waals surface area contributed by atoms with E-state index in [1.54, 1.807) is 0 Å². The number of ether oxygens (including phenoxy) is 1. The minimum atomic E-state index is -1.12. The summed E-state index contributed by atoms with van der Waals surface area (Å²) in [6.45, 7) is 15.7. The van der Waals surface area contributed by atoms with Gasteiger partial charge in [-0.05, 0) is 38.1 Å². The third-order valence-corrected chi connectivity index (χ3v) is 5.85. The molecule has 0 saturated heterocycles. The molecule has 0 amide bonds. The maximum Gasteiger partial charge on any atom is 0.173 e. The monoisotopic (exact) mass is 410 g/mol. The minimum Gasteiger partial charge on any atom is -0.400 e. The van der Waals surface area contributed by atoms with Crippen molar-refractivity contribution in [2.45, 2.75) is 66.2 Å². The van der Waals surface area contributed by atoms with Crippen molar-refractivity contribution < 1.29 is 9.16 Å². The predicted molar refractivity (Wildman–Crippen MR) is 116 cm³/mol. The fraction of sp³-hybridized carbons (Fsp3) is 0.619. The van der Waals surface area contributed by atoms with E-state index in [2.05, 4.69) is 63.0 Å². The number of rotatable bonds is 9. The average molecular weight is 411 g/mol. The van der Waals surface area contributed by atoms with Gasteiger partial charge in [-0.3, -0.25) is 0 Å². The van der Waals surface area contributed by atoms with Gasteiger partial charge in [0, 0.05) is 36.0 Å². The zero-order valence-corrected chi connectivity index (χ0v) is 19.5. The Morgan fingerprint density at radius 2 is 1.89 bits per heavy atom. The van der Waals surface area contributed by atoms with E-state index in [1.807, 2.05) is 24.3 Å². The summed E-state index contributed by atoms with van der Waals surface area (Å²) in [6, 6.07) is 7.84. The summed E-state index contributed by atoms with van der Waals surface area (Å²) in [4.78, 5) is 4.72. The lowest BCUT2D eigenvalue weighted by atomic mass is 9.93. The Balaban J connectivity index is 1.78. The molecule has 4 nitrogen and oxygen atoms in total. The molecule has 0 spiro atoms. The smallest absolute Gasteiger partial charge is 0.173 e. The van der Waals surface area contributed by atoms with Gasteiger partial charge in [0.05, 0.1) is 6.61 Å². The summed E-state index contributed by atoms with van der Waals surface area (Å²) in [5.74, 6) is 0. The third kappa shape index (κ3) is 6.52. The van der Waals surface area contributed by atoms with Crippen LogP contribution in [-0.2, 0) is 15.8 Å². The van der Waals surface area contributed by atoms with Gasteiger partial charge in [-0.25, -0.2) is 0 Å². The first-order chi connectivity index (χ1) is 12.7. The lowest BCUT2D eigenvalue weighted by Crippen LogP contribution is -2.50. The van der Waals surface area contributed by atoms with Gasteiger partial charge < -0.3 is 19.0 Å². The SMILES string of the molecule is CC1N(CCCOCc2ccccc2Cl)C=CN1C(O[SiH](C)C)C(C)(C)C. The van der Waals surface area contributed by atoms with E-state index < -0.39 is 9.04 Å². The Bertz CT molecular complexity index is 618. The Morgan fingerprint density at radius 3 is 2.52 bits per heavy atom. The first kappa shape index (κ1) is 22.3. The predicted octanol–water partition coefficient (Wildman–Crippen LogP) is 5.05. The number of hydrogen-bond donors (Lipinski definition) is 0. The highest BCUT2D eigenvalue weighted by molar-refractivity contribution is 6.48. The molecular formula is C21H35ClN2O2Si. The van der Waals surface area contributed by atoms with Crippen LogP contribution in [0.2, 0.25) is 18.1 Å². The van der Waals surface area contributed by atoms with Crippen LogP contribution in [0.5, 0.6) is 0 Å². The molecule has 0 N–H and O–H groups in total. The number of benzene rings is 1. The van der Waals surface area contributed by atoms with Crippen molar-refractivity contribution in [3.05, 3.63) is 47.3 Å². The highest BCUT2D eigenvalue weighted by Gasteiger charge is 2.36. The topological polar surface area (TPSA) is 24.9 Å². The van der Waals surface area contributed by atoms with E-state index >= 15 is 0 Å². The van der Waals surface area contributed by atoms with Crippen molar-refractivity contribution in [1.29, 1.82) is 0 Å². The molecule has 0 bridgehead atoms. The molecule has 0 aromatic heterocycles.